The normalized spacial score (nSPS) is 16.2. The van der Waals surface area contributed by atoms with Gasteiger partial charge in [-0.2, -0.15) is 0 Å². The molecule has 0 saturated carbocycles. The van der Waals surface area contributed by atoms with Crippen LogP contribution in [0, 0.1) is 19.7 Å². The van der Waals surface area contributed by atoms with E-state index in [-0.39, 0.29) is 5.82 Å². The zero-order valence-corrected chi connectivity index (χ0v) is 19.8. The number of thioether (sulfide) groups is 1. The van der Waals surface area contributed by atoms with Gasteiger partial charge in [0.2, 0.25) is 0 Å². The van der Waals surface area contributed by atoms with E-state index in [1.807, 2.05) is 50.3 Å². The third-order valence-electron chi connectivity index (χ3n) is 5.68. The van der Waals surface area contributed by atoms with Crippen LogP contribution in [0.4, 0.5) is 4.39 Å². The number of allylic oxidation sites excluding steroid dienone is 2. The van der Waals surface area contributed by atoms with Crippen LogP contribution in [-0.4, -0.2) is 24.4 Å². The molecule has 170 valence electrons. The zero-order chi connectivity index (χ0) is 23.5. The Kier molecular flexibility index (Phi) is 6.60. The number of aromatic amines is 1. The van der Waals surface area contributed by atoms with Gasteiger partial charge in [-0.05, 0) is 61.2 Å². The number of ether oxygens (including phenoxy) is 1. The first kappa shape index (κ1) is 22.7. The summed E-state index contributed by atoms with van der Waals surface area (Å²) in [5.41, 5.74) is 12.0. The fourth-order valence-electron chi connectivity index (χ4n) is 4.02. The van der Waals surface area contributed by atoms with E-state index in [9.17, 15) is 4.39 Å². The minimum atomic E-state index is -0.232. The number of hydrogen-bond acceptors (Lipinski definition) is 5. The van der Waals surface area contributed by atoms with Crippen LogP contribution >= 0.6 is 11.8 Å². The molecule has 0 unspecified atom stereocenters. The van der Waals surface area contributed by atoms with Gasteiger partial charge < -0.3 is 20.8 Å². The molecule has 1 aliphatic rings. The predicted octanol–water partition coefficient (Wildman–Crippen LogP) is 5.56. The van der Waals surface area contributed by atoms with Gasteiger partial charge >= 0.3 is 0 Å². The van der Waals surface area contributed by atoms with E-state index in [2.05, 4.69) is 21.9 Å². The molecule has 2 aromatic carbocycles. The van der Waals surface area contributed by atoms with Crippen LogP contribution in [0.25, 0.3) is 15.8 Å². The smallest absolute Gasteiger partial charge is 0.147 e. The number of nitrogens with one attached hydrogen (secondary N) is 2. The van der Waals surface area contributed by atoms with Crippen LogP contribution in [0.15, 0.2) is 71.0 Å². The van der Waals surface area contributed by atoms with Crippen molar-refractivity contribution in [2.24, 2.45) is 10.7 Å². The van der Waals surface area contributed by atoms with Crippen LogP contribution in [0.1, 0.15) is 22.4 Å². The molecule has 3 aromatic rings. The lowest BCUT2D eigenvalue weighted by atomic mass is 10.0. The third-order valence-corrected chi connectivity index (χ3v) is 6.89. The van der Waals surface area contributed by atoms with E-state index in [4.69, 9.17) is 10.5 Å². The number of benzene rings is 2. The highest BCUT2D eigenvalue weighted by atomic mass is 32.2. The number of aliphatic imine (C=N–C) groups is 1. The standard InChI is InChI=1S/C26H27FN4OS/c1-5-29-21-14-22(17-7-9-18(32-4)10-8-17)33-25(21)26(28)30-13-12-19-16(3)31-24-20(27)11-6-15(2)23(19)24/h5-11,14,30-31H,1,12-13,28H2,2-4H3/b26-25-,29-21-. The number of rotatable bonds is 7. The fourth-order valence-corrected chi connectivity index (χ4v) is 5.07. The first-order valence-electron chi connectivity index (χ1n) is 10.7. The second-order valence-corrected chi connectivity index (χ2v) is 8.85. The first-order chi connectivity index (χ1) is 15.9. The number of aromatic nitrogens is 1. The zero-order valence-electron chi connectivity index (χ0n) is 19.0. The van der Waals surface area contributed by atoms with Crippen molar-refractivity contribution in [3.8, 4) is 5.75 Å². The van der Waals surface area contributed by atoms with Gasteiger partial charge in [0.25, 0.3) is 0 Å². The van der Waals surface area contributed by atoms with Crippen molar-refractivity contribution in [1.82, 2.24) is 10.3 Å². The van der Waals surface area contributed by atoms with Crippen molar-refractivity contribution >= 4 is 33.3 Å². The van der Waals surface area contributed by atoms with E-state index < -0.39 is 0 Å². The average molecular weight is 463 g/mol. The molecule has 0 fully saturated rings. The lowest BCUT2D eigenvalue weighted by molar-refractivity contribution is 0.415. The fraction of sp³-hybridized carbons (Fsp3) is 0.192. The van der Waals surface area contributed by atoms with Gasteiger partial charge in [-0.15, -0.1) is 0 Å². The molecular formula is C26H27FN4OS. The van der Waals surface area contributed by atoms with Gasteiger partial charge in [-0.25, -0.2) is 4.39 Å². The van der Waals surface area contributed by atoms with Crippen molar-refractivity contribution < 1.29 is 9.13 Å². The van der Waals surface area contributed by atoms with Gasteiger partial charge in [-0.3, -0.25) is 4.99 Å². The van der Waals surface area contributed by atoms with Gasteiger partial charge in [0, 0.05) is 28.7 Å². The third kappa shape index (κ3) is 4.54. The maximum atomic E-state index is 14.2. The van der Waals surface area contributed by atoms with Crippen molar-refractivity contribution in [3.05, 3.63) is 94.2 Å². The Morgan fingerprint density at radius 1 is 1.24 bits per heavy atom. The molecule has 0 aliphatic carbocycles. The van der Waals surface area contributed by atoms with E-state index in [0.29, 0.717) is 24.3 Å². The maximum Gasteiger partial charge on any atom is 0.147 e. The Balaban J connectivity index is 1.52. The summed E-state index contributed by atoms with van der Waals surface area (Å²) in [4.78, 5) is 9.50. The molecule has 1 aromatic heterocycles. The highest BCUT2D eigenvalue weighted by molar-refractivity contribution is 8.13. The summed E-state index contributed by atoms with van der Waals surface area (Å²) in [7, 11) is 1.65. The lowest BCUT2D eigenvalue weighted by Gasteiger charge is -2.11. The maximum absolute atomic E-state index is 14.2. The summed E-state index contributed by atoms with van der Waals surface area (Å²) >= 11 is 1.57. The quantitative estimate of drug-likeness (QED) is 0.429. The number of fused-ring (bicyclic) bond motifs is 1. The Morgan fingerprint density at radius 3 is 2.70 bits per heavy atom. The Labute approximate surface area is 197 Å². The average Bonchev–Trinajstić information content (AvgIpc) is 3.39. The van der Waals surface area contributed by atoms with Crippen molar-refractivity contribution in [2.75, 3.05) is 13.7 Å². The molecule has 5 nitrogen and oxygen atoms in total. The highest BCUT2D eigenvalue weighted by Crippen LogP contribution is 2.41. The van der Waals surface area contributed by atoms with E-state index in [1.54, 1.807) is 18.9 Å². The molecule has 1 aliphatic heterocycles. The largest absolute Gasteiger partial charge is 0.497 e. The number of nitrogens with two attached hydrogens (primary N) is 1. The second-order valence-electron chi connectivity index (χ2n) is 7.80. The topological polar surface area (TPSA) is 75.4 Å². The molecule has 0 atom stereocenters. The Hall–Kier alpha value is -3.45. The molecule has 0 bridgehead atoms. The number of hydrogen-bond donors (Lipinski definition) is 3. The van der Waals surface area contributed by atoms with Crippen molar-refractivity contribution in [1.29, 1.82) is 0 Å². The van der Waals surface area contributed by atoms with E-state index >= 15 is 0 Å². The molecule has 2 heterocycles. The van der Waals surface area contributed by atoms with Crippen LogP contribution in [-0.2, 0) is 6.42 Å². The predicted molar refractivity (Wildman–Crippen MR) is 137 cm³/mol. The Morgan fingerprint density at radius 2 is 2.00 bits per heavy atom. The van der Waals surface area contributed by atoms with Gasteiger partial charge in [0.1, 0.15) is 17.4 Å². The minimum absolute atomic E-state index is 0.232. The number of halogens is 1. The molecule has 4 rings (SSSR count). The number of aryl methyl sites for hydroxylation is 2. The summed E-state index contributed by atoms with van der Waals surface area (Å²) in [6, 6.07) is 11.2. The summed E-state index contributed by atoms with van der Waals surface area (Å²) in [5.74, 6) is 1.13. The Bertz CT molecular complexity index is 1300. The molecule has 0 saturated heterocycles. The minimum Gasteiger partial charge on any atom is -0.497 e. The molecular weight excluding hydrogens is 435 g/mol. The van der Waals surface area contributed by atoms with Crippen molar-refractivity contribution in [2.45, 2.75) is 20.3 Å². The van der Waals surface area contributed by atoms with Crippen molar-refractivity contribution in [3.63, 3.8) is 0 Å². The van der Waals surface area contributed by atoms with E-state index in [1.165, 1.54) is 12.3 Å². The molecule has 4 N–H and O–H groups in total. The van der Waals surface area contributed by atoms with E-state index in [0.717, 1.165) is 49.0 Å². The highest BCUT2D eigenvalue weighted by Gasteiger charge is 2.22. The van der Waals surface area contributed by atoms with Crippen LogP contribution in [0.3, 0.4) is 0 Å². The van der Waals surface area contributed by atoms with Gasteiger partial charge in [0.15, 0.2) is 0 Å². The summed E-state index contributed by atoms with van der Waals surface area (Å²) in [5, 5.41) is 4.28. The molecule has 33 heavy (non-hydrogen) atoms. The van der Waals surface area contributed by atoms with Gasteiger partial charge in [-0.1, -0.05) is 36.5 Å². The SMILES string of the molecule is C=C/N=C1/C=C(c2ccc(OC)cc2)S/C1=C(/N)NCCc1c(C)[nH]c2c(F)ccc(C)c12. The van der Waals surface area contributed by atoms with Crippen LogP contribution < -0.4 is 15.8 Å². The molecule has 0 radical (unpaired) electrons. The molecule has 0 spiro atoms. The summed E-state index contributed by atoms with van der Waals surface area (Å²) in [6.45, 7) is 8.31. The van der Waals surface area contributed by atoms with Crippen LogP contribution in [0.2, 0.25) is 0 Å². The first-order valence-corrected chi connectivity index (χ1v) is 11.5. The molecule has 7 heteroatoms. The summed E-state index contributed by atoms with van der Waals surface area (Å²) < 4.78 is 19.5. The number of H-pyrrole nitrogens is 1. The summed E-state index contributed by atoms with van der Waals surface area (Å²) in [6.07, 6.45) is 4.23. The monoisotopic (exact) mass is 462 g/mol. The lowest BCUT2D eigenvalue weighted by Crippen LogP contribution is -2.25. The number of methoxy groups -OCH3 is 1. The second kappa shape index (κ2) is 9.58. The van der Waals surface area contributed by atoms with Gasteiger partial charge in [0.05, 0.1) is 23.2 Å². The number of nitrogens with zero attached hydrogens (tertiary/aromatic N) is 1. The molecule has 0 amide bonds. The van der Waals surface area contributed by atoms with Crippen LogP contribution in [0.5, 0.6) is 5.75 Å².